The Bertz CT molecular complexity index is 686. The van der Waals surface area contributed by atoms with Crippen LogP contribution >= 0.6 is 0 Å². The third-order valence-electron chi connectivity index (χ3n) is 2.83. The summed E-state index contributed by atoms with van der Waals surface area (Å²) in [7, 11) is 0. The maximum atomic E-state index is 13.8. The molecule has 2 aromatic rings. The lowest BCUT2D eigenvalue weighted by molar-refractivity contribution is 0.100. The van der Waals surface area contributed by atoms with Crippen molar-refractivity contribution >= 4 is 23.0 Å². The maximum Gasteiger partial charge on any atom is 0.250 e. The maximum absolute atomic E-state index is 13.8. The Morgan fingerprint density at radius 1 is 1.10 bits per heavy atom. The second-order valence-electron chi connectivity index (χ2n) is 4.38. The summed E-state index contributed by atoms with van der Waals surface area (Å²) in [6.07, 6.45) is 0. The molecule has 2 aromatic carbocycles. The number of nitrogens with one attached hydrogen (secondary N) is 1. The number of aryl methyl sites for hydroxylation is 1. The lowest BCUT2D eigenvalue weighted by Gasteiger charge is -2.12. The van der Waals surface area contributed by atoms with Gasteiger partial charge in [-0.2, -0.15) is 0 Å². The van der Waals surface area contributed by atoms with Gasteiger partial charge in [-0.25, -0.2) is 8.78 Å². The number of halogens is 2. The van der Waals surface area contributed by atoms with Crippen LogP contribution in [0.1, 0.15) is 15.9 Å². The molecular weight excluding hydrogens is 264 g/mol. The fraction of sp³-hybridized carbons (Fsp3) is 0.0714. The van der Waals surface area contributed by atoms with E-state index >= 15 is 0 Å². The summed E-state index contributed by atoms with van der Waals surface area (Å²) in [6, 6.07) is 6.46. The molecule has 104 valence electrons. The number of carbonyl (C=O) groups excluding carboxylic acids is 1. The van der Waals surface area contributed by atoms with Gasteiger partial charge in [0.2, 0.25) is 0 Å². The second-order valence-corrected chi connectivity index (χ2v) is 4.38. The first-order valence-electron chi connectivity index (χ1n) is 5.80. The summed E-state index contributed by atoms with van der Waals surface area (Å²) < 4.78 is 27.2. The van der Waals surface area contributed by atoms with Crippen LogP contribution in [0.25, 0.3) is 0 Å². The first kappa shape index (κ1) is 13.8. The first-order valence-corrected chi connectivity index (χ1v) is 5.80. The number of benzene rings is 2. The molecule has 6 heteroatoms. The van der Waals surface area contributed by atoms with Crippen molar-refractivity contribution in [3.63, 3.8) is 0 Å². The molecule has 5 N–H and O–H groups in total. The van der Waals surface area contributed by atoms with E-state index in [0.29, 0.717) is 5.69 Å². The van der Waals surface area contributed by atoms with Crippen LogP contribution in [-0.2, 0) is 0 Å². The van der Waals surface area contributed by atoms with Crippen LogP contribution in [0.15, 0.2) is 30.3 Å². The van der Waals surface area contributed by atoms with E-state index in [-0.39, 0.29) is 22.5 Å². The van der Waals surface area contributed by atoms with Crippen molar-refractivity contribution in [2.45, 2.75) is 6.92 Å². The largest absolute Gasteiger partial charge is 0.399 e. The molecule has 0 aromatic heterocycles. The van der Waals surface area contributed by atoms with Crippen LogP contribution in [0.2, 0.25) is 0 Å². The van der Waals surface area contributed by atoms with Gasteiger partial charge in [0.25, 0.3) is 5.91 Å². The summed E-state index contributed by atoms with van der Waals surface area (Å²) in [5, 5.41) is 2.65. The van der Waals surface area contributed by atoms with Crippen LogP contribution in [0.5, 0.6) is 0 Å². The van der Waals surface area contributed by atoms with Gasteiger partial charge in [0.15, 0.2) is 0 Å². The van der Waals surface area contributed by atoms with E-state index < -0.39 is 17.5 Å². The van der Waals surface area contributed by atoms with Crippen LogP contribution in [0.4, 0.5) is 25.8 Å². The van der Waals surface area contributed by atoms with Gasteiger partial charge in [0, 0.05) is 11.8 Å². The molecule has 0 spiro atoms. The summed E-state index contributed by atoms with van der Waals surface area (Å²) in [5.74, 6) is -1.89. The minimum atomic E-state index is -0.715. The van der Waals surface area contributed by atoms with Crippen LogP contribution in [0.3, 0.4) is 0 Å². The monoisotopic (exact) mass is 277 g/mol. The Labute approximate surface area is 114 Å². The predicted molar refractivity (Wildman–Crippen MR) is 73.8 cm³/mol. The van der Waals surface area contributed by atoms with Gasteiger partial charge < -0.3 is 16.8 Å². The van der Waals surface area contributed by atoms with Gasteiger partial charge in [-0.3, -0.25) is 4.79 Å². The molecule has 0 aliphatic heterocycles. The smallest absolute Gasteiger partial charge is 0.250 e. The van der Waals surface area contributed by atoms with Crippen molar-refractivity contribution in [1.82, 2.24) is 0 Å². The van der Waals surface area contributed by atoms with E-state index in [4.69, 9.17) is 11.5 Å². The molecule has 0 fully saturated rings. The van der Waals surface area contributed by atoms with E-state index in [0.717, 1.165) is 12.1 Å². The average molecular weight is 277 g/mol. The van der Waals surface area contributed by atoms with E-state index in [1.165, 1.54) is 25.1 Å². The van der Waals surface area contributed by atoms with Crippen molar-refractivity contribution < 1.29 is 13.6 Å². The van der Waals surface area contributed by atoms with Gasteiger partial charge in [0.05, 0.1) is 16.9 Å². The molecule has 0 unspecified atom stereocenters. The van der Waals surface area contributed by atoms with E-state index in [9.17, 15) is 13.6 Å². The number of carbonyl (C=O) groups is 1. The molecule has 20 heavy (non-hydrogen) atoms. The highest BCUT2D eigenvalue weighted by Gasteiger charge is 2.12. The number of nitrogens with two attached hydrogens (primary N) is 2. The molecule has 0 radical (unpaired) electrons. The lowest BCUT2D eigenvalue weighted by atomic mass is 10.1. The van der Waals surface area contributed by atoms with E-state index in [1.54, 1.807) is 0 Å². The highest BCUT2D eigenvalue weighted by Crippen LogP contribution is 2.26. The van der Waals surface area contributed by atoms with Crippen LogP contribution < -0.4 is 16.8 Å². The molecular formula is C14H13F2N3O. The highest BCUT2D eigenvalue weighted by molar-refractivity contribution is 6.00. The normalized spacial score (nSPS) is 10.3. The van der Waals surface area contributed by atoms with E-state index in [1.807, 2.05) is 0 Å². The Hall–Kier alpha value is -2.63. The zero-order chi connectivity index (χ0) is 14.9. The minimum absolute atomic E-state index is 0.0830. The van der Waals surface area contributed by atoms with Crippen molar-refractivity contribution in [2.75, 3.05) is 11.1 Å². The topological polar surface area (TPSA) is 81.1 Å². The summed E-state index contributed by atoms with van der Waals surface area (Å²) in [6.45, 7) is 1.46. The fourth-order valence-corrected chi connectivity index (χ4v) is 1.76. The lowest BCUT2D eigenvalue weighted by Crippen LogP contribution is -2.14. The van der Waals surface area contributed by atoms with Crippen molar-refractivity contribution in [1.29, 1.82) is 0 Å². The van der Waals surface area contributed by atoms with E-state index in [2.05, 4.69) is 5.32 Å². The average Bonchev–Trinajstić information content (AvgIpc) is 2.37. The standard InChI is InChI=1S/C14H13F2N3O/c1-7-4-11(16)13(6-10(7)15)19-12-3-2-8(17)5-9(12)14(18)20/h2-6,19H,17H2,1H3,(H2,18,20). The first-order chi connectivity index (χ1) is 9.38. The summed E-state index contributed by atoms with van der Waals surface area (Å²) in [4.78, 5) is 11.3. The predicted octanol–water partition coefficient (Wildman–Crippen LogP) is 2.70. The summed E-state index contributed by atoms with van der Waals surface area (Å²) in [5.41, 5.74) is 11.6. The van der Waals surface area contributed by atoms with Crippen LogP contribution in [0, 0.1) is 18.6 Å². The third-order valence-corrected chi connectivity index (χ3v) is 2.83. The Kier molecular flexibility index (Phi) is 3.56. The van der Waals surface area contributed by atoms with Crippen molar-refractivity contribution in [3.05, 3.63) is 53.1 Å². The zero-order valence-corrected chi connectivity index (χ0v) is 10.7. The van der Waals surface area contributed by atoms with Gasteiger partial charge in [-0.15, -0.1) is 0 Å². The molecule has 0 aliphatic rings. The number of primary amides is 1. The number of nitrogen functional groups attached to an aromatic ring is 1. The SMILES string of the molecule is Cc1cc(F)c(Nc2ccc(N)cc2C(N)=O)cc1F. The quantitative estimate of drug-likeness (QED) is 0.754. The molecule has 0 heterocycles. The summed E-state index contributed by atoms with van der Waals surface area (Å²) >= 11 is 0. The Balaban J connectivity index is 2.45. The Morgan fingerprint density at radius 2 is 1.80 bits per heavy atom. The number of amides is 1. The zero-order valence-electron chi connectivity index (χ0n) is 10.7. The third kappa shape index (κ3) is 2.69. The van der Waals surface area contributed by atoms with Crippen molar-refractivity contribution in [3.8, 4) is 0 Å². The molecule has 0 bridgehead atoms. The molecule has 0 saturated heterocycles. The second kappa shape index (κ2) is 5.16. The number of rotatable bonds is 3. The Morgan fingerprint density at radius 3 is 2.45 bits per heavy atom. The van der Waals surface area contributed by atoms with Crippen LogP contribution in [-0.4, -0.2) is 5.91 Å². The van der Waals surface area contributed by atoms with Gasteiger partial charge in [0.1, 0.15) is 11.6 Å². The molecule has 4 nitrogen and oxygen atoms in total. The number of hydrogen-bond acceptors (Lipinski definition) is 3. The molecule has 0 aliphatic carbocycles. The number of anilines is 3. The fourth-order valence-electron chi connectivity index (χ4n) is 1.76. The molecule has 0 saturated carbocycles. The van der Waals surface area contributed by atoms with Gasteiger partial charge in [-0.1, -0.05) is 0 Å². The van der Waals surface area contributed by atoms with Gasteiger partial charge >= 0.3 is 0 Å². The highest BCUT2D eigenvalue weighted by atomic mass is 19.1. The molecule has 1 amide bonds. The molecule has 2 rings (SSSR count). The van der Waals surface area contributed by atoms with Crippen molar-refractivity contribution in [2.24, 2.45) is 5.73 Å². The van der Waals surface area contributed by atoms with Gasteiger partial charge in [-0.05, 0) is 36.8 Å². The molecule has 0 atom stereocenters. The minimum Gasteiger partial charge on any atom is -0.399 e. The number of hydrogen-bond donors (Lipinski definition) is 3.